The van der Waals surface area contributed by atoms with Gasteiger partial charge in [-0.2, -0.15) is 0 Å². The van der Waals surface area contributed by atoms with Gasteiger partial charge in [0.2, 0.25) is 5.91 Å². The third-order valence-corrected chi connectivity index (χ3v) is 3.51. The molecule has 1 aliphatic heterocycles. The number of piperidine rings is 1. The Balaban J connectivity index is 1.95. The van der Waals surface area contributed by atoms with E-state index in [0.717, 1.165) is 18.4 Å². The average molecular weight is 277 g/mol. The zero-order valence-corrected chi connectivity index (χ0v) is 11.2. The average Bonchev–Trinajstić information content (AvgIpc) is 2.48. The standard InChI is InChI=1S/C14H19N3O3/c15-14(20)17-7-1-2-11(8-17)13(19)16-12-5-3-10(9-18)4-6-12/h3-6,11,18H,1-2,7-9H2,(H2,15,20)(H,16,19). The quantitative estimate of drug-likeness (QED) is 0.766. The number of anilines is 1. The predicted molar refractivity (Wildman–Crippen MR) is 74.9 cm³/mol. The van der Waals surface area contributed by atoms with Gasteiger partial charge in [-0.1, -0.05) is 12.1 Å². The molecule has 6 nitrogen and oxygen atoms in total. The lowest BCUT2D eigenvalue weighted by Gasteiger charge is -2.30. The zero-order valence-electron chi connectivity index (χ0n) is 11.2. The first kappa shape index (κ1) is 14.3. The maximum atomic E-state index is 12.2. The van der Waals surface area contributed by atoms with E-state index in [9.17, 15) is 9.59 Å². The summed E-state index contributed by atoms with van der Waals surface area (Å²) in [6.45, 7) is 0.963. The molecular formula is C14H19N3O3. The van der Waals surface area contributed by atoms with E-state index in [4.69, 9.17) is 10.8 Å². The molecule has 6 heteroatoms. The van der Waals surface area contributed by atoms with Crippen LogP contribution in [0.5, 0.6) is 0 Å². The van der Waals surface area contributed by atoms with Crippen molar-refractivity contribution in [3.05, 3.63) is 29.8 Å². The van der Waals surface area contributed by atoms with E-state index >= 15 is 0 Å². The molecule has 0 aromatic heterocycles. The van der Waals surface area contributed by atoms with Gasteiger partial charge in [0.05, 0.1) is 12.5 Å². The van der Waals surface area contributed by atoms with Crippen molar-refractivity contribution in [3.63, 3.8) is 0 Å². The second-order valence-electron chi connectivity index (χ2n) is 4.97. The van der Waals surface area contributed by atoms with Crippen molar-refractivity contribution in [2.24, 2.45) is 11.7 Å². The molecule has 4 N–H and O–H groups in total. The lowest BCUT2D eigenvalue weighted by molar-refractivity contribution is -0.121. The SMILES string of the molecule is NC(=O)N1CCCC(C(=O)Nc2ccc(CO)cc2)C1. The second kappa shape index (κ2) is 6.38. The molecule has 20 heavy (non-hydrogen) atoms. The lowest BCUT2D eigenvalue weighted by Crippen LogP contribution is -2.46. The summed E-state index contributed by atoms with van der Waals surface area (Å²) in [4.78, 5) is 24.8. The number of carbonyl (C=O) groups is 2. The largest absolute Gasteiger partial charge is 0.392 e. The van der Waals surface area contributed by atoms with Gasteiger partial charge in [0.25, 0.3) is 0 Å². The highest BCUT2D eigenvalue weighted by molar-refractivity contribution is 5.93. The van der Waals surface area contributed by atoms with Crippen LogP contribution in [0.1, 0.15) is 18.4 Å². The number of primary amides is 1. The Bertz CT molecular complexity index is 487. The van der Waals surface area contributed by atoms with Crippen LogP contribution in [0, 0.1) is 5.92 Å². The van der Waals surface area contributed by atoms with E-state index in [1.54, 1.807) is 24.3 Å². The molecule has 1 fully saturated rings. The van der Waals surface area contributed by atoms with Gasteiger partial charge in [0, 0.05) is 18.8 Å². The number of hydrogen-bond donors (Lipinski definition) is 3. The summed E-state index contributed by atoms with van der Waals surface area (Å²) in [6.07, 6.45) is 1.54. The van der Waals surface area contributed by atoms with Gasteiger partial charge in [-0.15, -0.1) is 0 Å². The Labute approximate surface area is 117 Å². The molecule has 0 spiro atoms. The Morgan fingerprint density at radius 3 is 2.65 bits per heavy atom. The number of benzene rings is 1. The van der Waals surface area contributed by atoms with E-state index in [0.29, 0.717) is 18.8 Å². The molecule has 0 radical (unpaired) electrons. The molecule has 2 rings (SSSR count). The molecule has 0 bridgehead atoms. The van der Waals surface area contributed by atoms with Crippen molar-refractivity contribution in [1.29, 1.82) is 0 Å². The summed E-state index contributed by atoms with van der Waals surface area (Å²) in [5.74, 6) is -0.332. The van der Waals surface area contributed by atoms with Crippen molar-refractivity contribution in [2.75, 3.05) is 18.4 Å². The van der Waals surface area contributed by atoms with E-state index in [1.807, 2.05) is 0 Å². The van der Waals surface area contributed by atoms with Gasteiger partial charge in [-0.25, -0.2) is 4.79 Å². The van der Waals surface area contributed by atoms with Gasteiger partial charge in [0.15, 0.2) is 0 Å². The minimum atomic E-state index is -0.477. The van der Waals surface area contributed by atoms with Gasteiger partial charge in [0.1, 0.15) is 0 Å². The van der Waals surface area contributed by atoms with Crippen LogP contribution in [0.2, 0.25) is 0 Å². The van der Waals surface area contributed by atoms with Crippen molar-refractivity contribution >= 4 is 17.6 Å². The van der Waals surface area contributed by atoms with Crippen LogP contribution in [0.3, 0.4) is 0 Å². The monoisotopic (exact) mass is 277 g/mol. The molecule has 1 aliphatic rings. The third-order valence-electron chi connectivity index (χ3n) is 3.51. The highest BCUT2D eigenvalue weighted by Crippen LogP contribution is 2.19. The van der Waals surface area contributed by atoms with E-state index in [2.05, 4.69) is 5.32 Å². The summed E-state index contributed by atoms with van der Waals surface area (Å²) in [7, 11) is 0. The third kappa shape index (κ3) is 3.48. The summed E-state index contributed by atoms with van der Waals surface area (Å²) in [5, 5.41) is 11.8. The first-order valence-corrected chi connectivity index (χ1v) is 6.65. The van der Waals surface area contributed by atoms with Crippen LogP contribution in [0.15, 0.2) is 24.3 Å². The van der Waals surface area contributed by atoms with E-state index in [1.165, 1.54) is 4.90 Å². The van der Waals surface area contributed by atoms with Crippen LogP contribution in [0.4, 0.5) is 10.5 Å². The molecule has 1 aromatic carbocycles. The summed E-state index contributed by atoms with van der Waals surface area (Å²) >= 11 is 0. The van der Waals surface area contributed by atoms with Crippen molar-refractivity contribution in [1.82, 2.24) is 4.90 Å². The fourth-order valence-electron chi connectivity index (χ4n) is 2.33. The fourth-order valence-corrected chi connectivity index (χ4v) is 2.33. The van der Waals surface area contributed by atoms with Gasteiger partial charge in [-0.3, -0.25) is 4.79 Å². The second-order valence-corrected chi connectivity index (χ2v) is 4.97. The fraction of sp³-hybridized carbons (Fsp3) is 0.429. The molecule has 1 atom stereocenters. The molecular weight excluding hydrogens is 258 g/mol. The first-order chi connectivity index (χ1) is 9.60. The van der Waals surface area contributed by atoms with Crippen LogP contribution >= 0.6 is 0 Å². The lowest BCUT2D eigenvalue weighted by atomic mass is 9.97. The summed E-state index contributed by atoms with van der Waals surface area (Å²) in [6, 6.07) is 6.53. The highest BCUT2D eigenvalue weighted by Gasteiger charge is 2.27. The molecule has 1 heterocycles. The Morgan fingerprint density at radius 2 is 2.05 bits per heavy atom. The Kier molecular flexibility index (Phi) is 4.57. The number of nitrogens with one attached hydrogen (secondary N) is 1. The van der Waals surface area contributed by atoms with Crippen molar-refractivity contribution in [3.8, 4) is 0 Å². The molecule has 1 aromatic rings. The van der Waals surface area contributed by atoms with Crippen molar-refractivity contribution in [2.45, 2.75) is 19.4 Å². The predicted octanol–water partition coefficient (Wildman–Crippen LogP) is 0.908. The maximum absolute atomic E-state index is 12.2. The van der Waals surface area contributed by atoms with Crippen LogP contribution in [-0.2, 0) is 11.4 Å². The summed E-state index contributed by atoms with van der Waals surface area (Å²) < 4.78 is 0. The minimum Gasteiger partial charge on any atom is -0.392 e. The molecule has 1 unspecified atom stereocenters. The van der Waals surface area contributed by atoms with E-state index in [-0.39, 0.29) is 18.4 Å². The topological polar surface area (TPSA) is 95.7 Å². The van der Waals surface area contributed by atoms with Gasteiger partial charge < -0.3 is 21.1 Å². The number of nitrogens with two attached hydrogens (primary N) is 1. The van der Waals surface area contributed by atoms with Gasteiger partial charge >= 0.3 is 6.03 Å². The summed E-state index contributed by atoms with van der Waals surface area (Å²) in [5.41, 5.74) is 6.72. The molecule has 0 saturated carbocycles. The number of hydrogen-bond acceptors (Lipinski definition) is 3. The van der Waals surface area contributed by atoms with Crippen LogP contribution in [0.25, 0.3) is 0 Å². The minimum absolute atomic E-state index is 0.0234. The number of rotatable bonds is 3. The van der Waals surface area contributed by atoms with Crippen molar-refractivity contribution < 1.29 is 14.7 Å². The van der Waals surface area contributed by atoms with E-state index < -0.39 is 6.03 Å². The Morgan fingerprint density at radius 1 is 1.35 bits per heavy atom. The molecule has 1 saturated heterocycles. The highest BCUT2D eigenvalue weighted by atomic mass is 16.3. The maximum Gasteiger partial charge on any atom is 0.314 e. The van der Waals surface area contributed by atoms with Crippen LogP contribution < -0.4 is 11.1 Å². The molecule has 108 valence electrons. The van der Waals surface area contributed by atoms with Gasteiger partial charge in [-0.05, 0) is 30.5 Å². The smallest absolute Gasteiger partial charge is 0.314 e. The zero-order chi connectivity index (χ0) is 14.5. The number of nitrogens with zero attached hydrogens (tertiary/aromatic N) is 1. The normalized spacial score (nSPS) is 18.6. The number of urea groups is 1. The number of carbonyl (C=O) groups excluding carboxylic acids is 2. The number of aliphatic hydroxyl groups is 1. The number of amides is 3. The number of aliphatic hydroxyl groups excluding tert-OH is 1. The Hall–Kier alpha value is -2.08. The number of likely N-dealkylation sites (tertiary alicyclic amines) is 1. The molecule has 0 aliphatic carbocycles. The first-order valence-electron chi connectivity index (χ1n) is 6.65. The van der Waals surface area contributed by atoms with Crippen LogP contribution in [-0.4, -0.2) is 35.0 Å². The molecule has 3 amide bonds.